The van der Waals surface area contributed by atoms with E-state index in [1.807, 2.05) is 19.9 Å². The predicted molar refractivity (Wildman–Crippen MR) is 73.8 cm³/mol. The molecule has 0 aliphatic rings. The normalized spacial score (nSPS) is 12.2. The summed E-state index contributed by atoms with van der Waals surface area (Å²) in [4.78, 5) is 33.2. The zero-order valence-corrected chi connectivity index (χ0v) is 12.6. The van der Waals surface area contributed by atoms with Crippen LogP contribution in [0.15, 0.2) is 6.07 Å². The van der Waals surface area contributed by atoms with Crippen LogP contribution >= 0.6 is 0 Å². The van der Waals surface area contributed by atoms with Gasteiger partial charge in [0.05, 0.1) is 0 Å². The van der Waals surface area contributed by atoms with Crippen molar-refractivity contribution in [3.63, 3.8) is 0 Å². The van der Waals surface area contributed by atoms with Gasteiger partial charge in [0.15, 0.2) is 6.10 Å². The highest BCUT2D eigenvalue weighted by atomic mass is 16.5. The average molecular weight is 291 g/mol. The number of amides is 1. The fraction of sp³-hybridized carbons (Fsp3) is 0.462. The summed E-state index contributed by atoms with van der Waals surface area (Å²) in [5.74, 6) is -0.849. The van der Waals surface area contributed by atoms with Gasteiger partial charge in [-0.15, -0.1) is 5.10 Å². The van der Waals surface area contributed by atoms with Gasteiger partial charge < -0.3 is 9.64 Å². The Labute approximate surface area is 121 Å². The molecule has 112 valence electrons. The molecule has 21 heavy (non-hydrogen) atoms. The molecule has 0 bridgehead atoms. The minimum absolute atomic E-state index is 0.116. The van der Waals surface area contributed by atoms with Gasteiger partial charge >= 0.3 is 5.97 Å². The number of aromatic nitrogens is 4. The first-order chi connectivity index (χ1) is 9.79. The smallest absolute Gasteiger partial charge is 0.379 e. The number of rotatable bonds is 3. The fourth-order valence-corrected chi connectivity index (χ4v) is 1.88. The van der Waals surface area contributed by atoms with Crippen molar-refractivity contribution >= 4 is 17.7 Å². The van der Waals surface area contributed by atoms with Crippen molar-refractivity contribution in [3.8, 4) is 0 Å². The van der Waals surface area contributed by atoms with Crippen molar-refractivity contribution in [1.82, 2.24) is 24.5 Å². The number of nitrogens with zero attached hydrogens (tertiary/aromatic N) is 5. The summed E-state index contributed by atoms with van der Waals surface area (Å²) < 4.78 is 6.52. The van der Waals surface area contributed by atoms with Gasteiger partial charge in [0.25, 0.3) is 17.5 Å². The SMILES string of the molecule is Cc1cc(C)n2nc(C(=O)O[C@H](C)C(=O)N(C)C)nc2n1. The second kappa shape index (κ2) is 5.47. The van der Waals surface area contributed by atoms with Gasteiger partial charge in [-0.2, -0.15) is 4.98 Å². The van der Waals surface area contributed by atoms with E-state index < -0.39 is 12.1 Å². The van der Waals surface area contributed by atoms with E-state index in [1.54, 1.807) is 14.1 Å². The number of hydrogen-bond acceptors (Lipinski definition) is 6. The third-order valence-corrected chi connectivity index (χ3v) is 2.87. The molecule has 0 aromatic carbocycles. The second-order valence-corrected chi connectivity index (χ2v) is 4.97. The number of carbonyl (C=O) groups is 2. The molecule has 2 heterocycles. The lowest BCUT2D eigenvalue weighted by Gasteiger charge is -2.16. The standard InChI is InChI=1S/C13H17N5O3/c1-7-6-8(2)18-13(14-7)15-10(16-18)12(20)21-9(3)11(19)17(4)5/h6,9H,1-5H3/t9-/m1/s1. The Bertz CT molecular complexity index is 707. The summed E-state index contributed by atoms with van der Waals surface area (Å²) in [6.45, 7) is 5.17. The molecule has 2 aromatic rings. The number of likely N-dealkylation sites (N-methyl/N-ethyl adjacent to an activating group) is 1. The highest BCUT2D eigenvalue weighted by Crippen LogP contribution is 2.07. The molecule has 0 aliphatic carbocycles. The summed E-state index contributed by atoms with van der Waals surface area (Å²) in [6.07, 6.45) is -0.894. The third-order valence-electron chi connectivity index (χ3n) is 2.87. The number of hydrogen-bond donors (Lipinski definition) is 0. The molecule has 0 fully saturated rings. The molecule has 0 spiro atoms. The molecule has 8 heteroatoms. The molecule has 0 radical (unpaired) electrons. The van der Waals surface area contributed by atoms with Crippen molar-refractivity contribution < 1.29 is 14.3 Å². The van der Waals surface area contributed by atoms with Crippen LogP contribution in [-0.2, 0) is 9.53 Å². The van der Waals surface area contributed by atoms with Gasteiger partial charge in [-0.1, -0.05) is 0 Å². The topological polar surface area (TPSA) is 89.7 Å². The van der Waals surface area contributed by atoms with Crippen molar-refractivity contribution in [2.75, 3.05) is 14.1 Å². The van der Waals surface area contributed by atoms with Crippen LogP contribution in [0.25, 0.3) is 5.78 Å². The van der Waals surface area contributed by atoms with E-state index in [2.05, 4.69) is 15.1 Å². The van der Waals surface area contributed by atoms with Gasteiger partial charge in [0.2, 0.25) is 0 Å². The molecule has 0 N–H and O–H groups in total. The van der Waals surface area contributed by atoms with E-state index in [1.165, 1.54) is 16.3 Å². The number of carbonyl (C=O) groups excluding carboxylic acids is 2. The van der Waals surface area contributed by atoms with Crippen molar-refractivity contribution in [3.05, 3.63) is 23.3 Å². The molecular weight excluding hydrogens is 274 g/mol. The van der Waals surface area contributed by atoms with Crippen LogP contribution < -0.4 is 0 Å². The Balaban J connectivity index is 2.24. The first-order valence-corrected chi connectivity index (χ1v) is 6.42. The lowest BCUT2D eigenvalue weighted by atomic mass is 10.3. The number of esters is 1. The van der Waals surface area contributed by atoms with E-state index in [4.69, 9.17) is 4.74 Å². The van der Waals surface area contributed by atoms with E-state index in [9.17, 15) is 9.59 Å². The largest absolute Gasteiger partial charge is 0.447 e. The van der Waals surface area contributed by atoms with E-state index >= 15 is 0 Å². The van der Waals surface area contributed by atoms with Crippen molar-refractivity contribution in [2.24, 2.45) is 0 Å². The summed E-state index contributed by atoms with van der Waals surface area (Å²) in [7, 11) is 3.18. The van der Waals surface area contributed by atoms with Crippen LogP contribution in [0.3, 0.4) is 0 Å². The minimum atomic E-state index is -0.894. The average Bonchev–Trinajstić information content (AvgIpc) is 2.81. The Morgan fingerprint density at radius 1 is 1.29 bits per heavy atom. The first-order valence-electron chi connectivity index (χ1n) is 6.42. The third kappa shape index (κ3) is 2.99. The summed E-state index contributed by atoms with van der Waals surface area (Å²) in [6, 6.07) is 1.83. The van der Waals surface area contributed by atoms with Crippen LogP contribution in [-0.4, -0.2) is 56.6 Å². The predicted octanol–water partition coefficient (Wildman–Crippen LogP) is 0.375. The zero-order valence-electron chi connectivity index (χ0n) is 12.6. The molecule has 0 unspecified atom stereocenters. The van der Waals surface area contributed by atoms with E-state index in [0.29, 0.717) is 5.78 Å². The lowest BCUT2D eigenvalue weighted by Crippen LogP contribution is -2.35. The molecule has 0 saturated heterocycles. The molecule has 0 aliphatic heterocycles. The van der Waals surface area contributed by atoms with E-state index in [0.717, 1.165) is 11.4 Å². The molecule has 8 nitrogen and oxygen atoms in total. The van der Waals surface area contributed by atoms with Crippen LogP contribution in [0.5, 0.6) is 0 Å². The maximum atomic E-state index is 12.0. The van der Waals surface area contributed by atoms with Crippen molar-refractivity contribution in [2.45, 2.75) is 26.9 Å². The fourth-order valence-electron chi connectivity index (χ4n) is 1.88. The first kappa shape index (κ1) is 14.9. The molecule has 2 aromatic heterocycles. The van der Waals surface area contributed by atoms with Crippen LogP contribution in [0.1, 0.15) is 28.9 Å². The monoisotopic (exact) mass is 291 g/mol. The maximum Gasteiger partial charge on any atom is 0.379 e. The van der Waals surface area contributed by atoms with Crippen LogP contribution in [0, 0.1) is 13.8 Å². The molecular formula is C13H17N5O3. The Morgan fingerprint density at radius 3 is 2.57 bits per heavy atom. The molecule has 2 rings (SSSR count). The molecule has 0 saturated carbocycles. The Morgan fingerprint density at radius 2 is 1.95 bits per heavy atom. The van der Waals surface area contributed by atoms with Crippen molar-refractivity contribution in [1.29, 1.82) is 0 Å². The van der Waals surface area contributed by atoms with E-state index in [-0.39, 0.29) is 11.7 Å². The van der Waals surface area contributed by atoms with Gasteiger partial charge in [-0.05, 0) is 26.8 Å². The van der Waals surface area contributed by atoms with Gasteiger partial charge in [-0.25, -0.2) is 14.3 Å². The van der Waals surface area contributed by atoms with Crippen LogP contribution in [0.4, 0.5) is 0 Å². The summed E-state index contributed by atoms with van der Waals surface area (Å²) >= 11 is 0. The Kier molecular flexibility index (Phi) is 3.88. The highest BCUT2D eigenvalue weighted by molar-refractivity contribution is 5.89. The summed E-state index contributed by atoms with van der Waals surface area (Å²) in [5.41, 5.74) is 1.59. The zero-order chi connectivity index (χ0) is 15.7. The quantitative estimate of drug-likeness (QED) is 0.759. The van der Waals surface area contributed by atoms with Gasteiger partial charge in [0, 0.05) is 25.5 Å². The van der Waals surface area contributed by atoms with Crippen LogP contribution in [0.2, 0.25) is 0 Å². The molecule has 1 atom stereocenters. The lowest BCUT2D eigenvalue weighted by molar-refractivity contribution is -0.137. The number of aryl methyl sites for hydroxylation is 2. The van der Waals surface area contributed by atoms with Gasteiger partial charge in [-0.3, -0.25) is 4.79 Å². The highest BCUT2D eigenvalue weighted by Gasteiger charge is 2.23. The minimum Gasteiger partial charge on any atom is -0.447 e. The number of fused-ring (bicyclic) bond motifs is 1. The number of ether oxygens (including phenoxy) is 1. The summed E-state index contributed by atoms with van der Waals surface area (Å²) in [5, 5.41) is 4.05. The Hall–Kier alpha value is -2.51. The van der Waals surface area contributed by atoms with Gasteiger partial charge in [0.1, 0.15) is 0 Å². The maximum absolute atomic E-state index is 12.0. The molecule has 1 amide bonds. The second-order valence-electron chi connectivity index (χ2n) is 4.97.